The van der Waals surface area contributed by atoms with Crippen molar-refractivity contribution in [3.05, 3.63) is 28.1 Å². The third kappa shape index (κ3) is 2.88. The zero-order chi connectivity index (χ0) is 15.7. The Morgan fingerprint density at radius 3 is 2.62 bits per heavy atom. The van der Waals surface area contributed by atoms with Gasteiger partial charge in [0.05, 0.1) is 11.1 Å². The molecule has 1 amide bonds. The monoisotopic (exact) mass is 295 g/mol. The van der Waals surface area contributed by atoms with E-state index in [1.54, 1.807) is 11.5 Å². The highest BCUT2D eigenvalue weighted by atomic mass is 16.6. The predicted octanol–water partition coefficient (Wildman–Crippen LogP) is 1.67. The highest BCUT2D eigenvalue weighted by Gasteiger charge is 2.33. The molecular weight excluding hydrogens is 278 g/mol. The van der Waals surface area contributed by atoms with Crippen LogP contribution in [-0.2, 0) is 4.79 Å². The van der Waals surface area contributed by atoms with Gasteiger partial charge in [0.25, 0.3) is 11.6 Å². The number of likely N-dealkylation sites (N-methyl/N-ethyl adjacent to an activating group) is 1. The van der Waals surface area contributed by atoms with Crippen molar-refractivity contribution in [3.8, 4) is 0 Å². The summed E-state index contributed by atoms with van der Waals surface area (Å²) in [5.74, 6) is -1.60. The van der Waals surface area contributed by atoms with Gasteiger partial charge in [-0.15, -0.1) is 0 Å². The number of aliphatic carboxylic acids is 1. The lowest BCUT2D eigenvalue weighted by atomic mass is 10.2. The van der Waals surface area contributed by atoms with Gasteiger partial charge in [0.1, 0.15) is 11.7 Å². The minimum Gasteiger partial charge on any atom is -0.480 e. The minimum absolute atomic E-state index is 0.0935. The number of hydrogen-bond donors (Lipinski definition) is 1. The number of nitro groups is 1. The summed E-state index contributed by atoms with van der Waals surface area (Å²) in [6.07, 6.45) is 3.35. The summed E-state index contributed by atoms with van der Waals surface area (Å²) in [6.45, 7) is 1.67. The van der Waals surface area contributed by atoms with Crippen molar-refractivity contribution in [1.82, 2.24) is 9.47 Å². The van der Waals surface area contributed by atoms with Crippen LogP contribution in [0.2, 0.25) is 0 Å². The molecule has 1 aromatic rings. The molecule has 0 aliphatic heterocycles. The molecule has 1 heterocycles. The van der Waals surface area contributed by atoms with Crippen molar-refractivity contribution in [2.45, 2.75) is 38.3 Å². The van der Waals surface area contributed by atoms with Crippen LogP contribution in [0.4, 0.5) is 5.69 Å². The van der Waals surface area contributed by atoms with Gasteiger partial charge in [-0.2, -0.15) is 0 Å². The van der Waals surface area contributed by atoms with Crippen molar-refractivity contribution < 1.29 is 19.6 Å². The summed E-state index contributed by atoms with van der Waals surface area (Å²) in [5.41, 5.74) is 0.0217. The molecule has 8 nitrogen and oxygen atoms in total. The molecule has 21 heavy (non-hydrogen) atoms. The molecule has 0 aromatic carbocycles. The van der Waals surface area contributed by atoms with Gasteiger partial charge in [0.15, 0.2) is 0 Å². The number of carboxylic acids is 1. The van der Waals surface area contributed by atoms with Crippen LogP contribution in [0.25, 0.3) is 0 Å². The van der Waals surface area contributed by atoms with Crippen LogP contribution in [0.5, 0.6) is 0 Å². The second kappa shape index (κ2) is 5.55. The van der Waals surface area contributed by atoms with E-state index >= 15 is 0 Å². The molecule has 8 heteroatoms. The lowest BCUT2D eigenvalue weighted by Gasteiger charge is -2.24. The Bertz CT molecular complexity index is 591. The van der Waals surface area contributed by atoms with Gasteiger partial charge in [-0.25, -0.2) is 4.79 Å². The lowest BCUT2D eigenvalue weighted by molar-refractivity contribution is -0.384. The number of rotatable bonds is 6. The molecule has 1 aliphatic carbocycles. The van der Waals surface area contributed by atoms with E-state index in [2.05, 4.69) is 0 Å². The number of aromatic nitrogens is 1. The topological polar surface area (TPSA) is 106 Å². The molecule has 1 unspecified atom stereocenters. The van der Waals surface area contributed by atoms with Crippen LogP contribution in [0.1, 0.15) is 42.7 Å². The van der Waals surface area contributed by atoms with Gasteiger partial charge in [0, 0.05) is 19.2 Å². The van der Waals surface area contributed by atoms with E-state index in [4.69, 9.17) is 5.11 Å². The van der Waals surface area contributed by atoms with Crippen LogP contribution < -0.4 is 0 Å². The molecule has 0 radical (unpaired) electrons. The molecule has 1 N–H and O–H groups in total. The molecule has 0 spiro atoms. The van der Waals surface area contributed by atoms with Crippen LogP contribution in [0.3, 0.4) is 0 Å². The van der Waals surface area contributed by atoms with Gasteiger partial charge < -0.3 is 14.6 Å². The van der Waals surface area contributed by atoms with E-state index in [0.29, 0.717) is 0 Å². The van der Waals surface area contributed by atoms with E-state index in [9.17, 15) is 19.7 Å². The van der Waals surface area contributed by atoms with Crippen LogP contribution in [0.15, 0.2) is 12.3 Å². The van der Waals surface area contributed by atoms with Crippen molar-refractivity contribution in [1.29, 1.82) is 0 Å². The minimum atomic E-state index is -1.09. The molecule has 2 rings (SSSR count). The summed E-state index contributed by atoms with van der Waals surface area (Å²) in [4.78, 5) is 35.0. The average Bonchev–Trinajstić information content (AvgIpc) is 3.16. The fraction of sp³-hybridized carbons (Fsp3) is 0.538. The maximum atomic E-state index is 12.5. The van der Waals surface area contributed by atoms with E-state index in [1.807, 2.05) is 0 Å². The molecule has 114 valence electrons. The summed E-state index contributed by atoms with van der Waals surface area (Å²) in [6, 6.07) is 0.362. The zero-order valence-electron chi connectivity index (χ0n) is 11.9. The Labute approximate surface area is 121 Å². The smallest absolute Gasteiger partial charge is 0.326 e. The van der Waals surface area contributed by atoms with Gasteiger partial charge in [0.2, 0.25) is 0 Å². The Hall–Kier alpha value is -2.38. The van der Waals surface area contributed by atoms with Gasteiger partial charge in [-0.1, -0.05) is 6.92 Å². The largest absolute Gasteiger partial charge is 0.480 e. The lowest BCUT2D eigenvalue weighted by Crippen LogP contribution is -2.42. The SMILES string of the molecule is CCC(C(=O)O)N(C)C(=O)c1cc([N+](=O)[O-])cn1C1CC1. The van der Waals surface area contributed by atoms with E-state index in [-0.39, 0.29) is 23.8 Å². The first-order valence-corrected chi connectivity index (χ1v) is 6.73. The maximum Gasteiger partial charge on any atom is 0.326 e. The van der Waals surface area contributed by atoms with E-state index < -0.39 is 22.8 Å². The van der Waals surface area contributed by atoms with Gasteiger partial charge in [-0.05, 0) is 19.3 Å². The molecule has 1 fully saturated rings. The van der Waals surface area contributed by atoms with Crippen molar-refractivity contribution >= 4 is 17.6 Å². The maximum absolute atomic E-state index is 12.5. The van der Waals surface area contributed by atoms with E-state index in [1.165, 1.54) is 19.3 Å². The van der Waals surface area contributed by atoms with Crippen molar-refractivity contribution in [2.75, 3.05) is 7.05 Å². The second-order valence-electron chi connectivity index (χ2n) is 5.16. The molecule has 0 bridgehead atoms. The Morgan fingerprint density at radius 1 is 1.57 bits per heavy atom. The second-order valence-corrected chi connectivity index (χ2v) is 5.16. The van der Waals surface area contributed by atoms with Crippen LogP contribution in [0, 0.1) is 10.1 Å². The third-order valence-electron chi connectivity index (χ3n) is 3.66. The number of carboxylic acid groups (broad SMARTS) is 1. The molecule has 1 atom stereocenters. The van der Waals surface area contributed by atoms with Crippen LogP contribution >= 0.6 is 0 Å². The number of nitrogens with zero attached hydrogens (tertiary/aromatic N) is 3. The van der Waals surface area contributed by atoms with Gasteiger partial charge >= 0.3 is 5.97 Å². The fourth-order valence-corrected chi connectivity index (χ4v) is 2.33. The highest BCUT2D eigenvalue weighted by Crippen LogP contribution is 2.38. The summed E-state index contributed by atoms with van der Waals surface area (Å²) in [5, 5.41) is 20.0. The molecule has 1 aromatic heterocycles. The first-order chi connectivity index (χ1) is 9.86. The summed E-state index contributed by atoms with van der Waals surface area (Å²) in [7, 11) is 1.40. The average molecular weight is 295 g/mol. The zero-order valence-corrected chi connectivity index (χ0v) is 11.9. The quantitative estimate of drug-likeness (QED) is 0.634. The molecule has 1 aliphatic rings. The van der Waals surface area contributed by atoms with Crippen LogP contribution in [-0.4, -0.2) is 44.5 Å². The molecule has 1 saturated carbocycles. The first kappa shape index (κ1) is 15.0. The number of amides is 1. The number of carbonyl (C=O) groups excluding carboxylic acids is 1. The molecule has 0 saturated heterocycles. The summed E-state index contributed by atoms with van der Waals surface area (Å²) >= 11 is 0. The summed E-state index contributed by atoms with van der Waals surface area (Å²) < 4.78 is 1.59. The normalized spacial score (nSPS) is 15.5. The Kier molecular flexibility index (Phi) is 3.97. The van der Waals surface area contributed by atoms with Crippen molar-refractivity contribution in [3.63, 3.8) is 0 Å². The Balaban J connectivity index is 2.33. The van der Waals surface area contributed by atoms with Gasteiger partial charge in [-0.3, -0.25) is 14.9 Å². The standard InChI is InChI=1S/C13H17N3O5/c1-3-10(13(18)19)14(2)12(17)11-6-9(16(20)21)7-15(11)8-4-5-8/h6-8,10H,3-5H2,1-2H3,(H,18,19). The Morgan fingerprint density at radius 2 is 2.19 bits per heavy atom. The predicted molar refractivity (Wildman–Crippen MR) is 73.2 cm³/mol. The van der Waals surface area contributed by atoms with Crippen molar-refractivity contribution in [2.24, 2.45) is 0 Å². The molecular formula is C13H17N3O5. The third-order valence-corrected chi connectivity index (χ3v) is 3.66. The first-order valence-electron chi connectivity index (χ1n) is 6.73. The number of hydrogen-bond acceptors (Lipinski definition) is 4. The fourth-order valence-electron chi connectivity index (χ4n) is 2.33. The highest BCUT2D eigenvalue weighted by molar-refractivity contribution is 5.96. The van der Waals surface area contributed by atoms with E-state index in [0.717, 1.165) is 17.7 Å². The number of carbonyl (C=O) groups is 2.